The molecule has 98 valence electrons. The lowest BCUT2D eigenvalue weighted by Crippen LogP contribution is -2.52. The largest absolute Gasteiger partial charge is 0.303 e. The van der Waals surface area contributed by atoms with Crippen molar-refractivity contribution >= 4 is 11.0 Å². The Kier molecular flexibility index (Phi) is 3.50. The minimum atomic E-state index is -0.863. The third kappa shape index (κ3) is 2.37. The van der Waals surface area contributed by atoms with E-state index >= 15 is 0 Å². The SMILES string of the molecule is CN1CC2CCC(C1)N2S(=O)Cc1ccccc1. The van der Waals surface area contributed by atoms with E-state index < -0.39 is 11.0 Å². The van der Waals surface area contributed by atoms with Crippen molar-refractivity contribution in [2.24, 2.45) is 0 Å². The van der Waals surface area contributed by atoms with Crippen molar-refractivity contribution in [1.29, 1.82) is 0 Å². The van der Waals surface area contributed by atoms with Crippen molar-refractivity contribution in [3.8, 4) is 0 Å². The maximum absolute atomic E-state index is 12.6. The van der Waals surface area contributed by atoms with Crippen molar-refractivity contribution in [2.45, 2.75) is 30.7 Å². The predicted octanol–water partition coefficient (Wildman–Crippen LogP) is 1.63. The number of piperazine rings is 1. The second kappa shape index (κ2) is 5.11. The number of fused-ring (bicyclic) bond motifs is 2. The van der Waals surface area contributed by atoms with Crippen LogP contribution in [-0.4, -0.2) is 45.6 Å². The zero-order chi connectivity index (χ0) is 12.5. The van der Waals surface area contributed by atoms with Gasteiger partial charge in [-0.15, -0.1) is 0 Å². The first-order valence-electron chi connectivity index (χ1n) is 6.63. The average Bonchev–Trinajstić information content (AvgIpc) is 2.63. The summed E-state index contributed by atoms with van der Waals surface area (Å²) in [6.45, 7) is 2.13. The van der Waals surface area contributed by atoms with Crippen molar-refractivity contribution in [1.82, 2.24) is 9.21 Å². The highest BCUT2D eigenvalue weighted by atomic mass is 32.2. The number of likely N-dealkylation sites (N-methyl/N-ethyl adjacent to an activating group) is 1. The lowest BCUT2D eigenvalue weighted by Gasteiger charge is -2.38. The van der Waals surface area contributed by atoms with Crippen LogP contribution in [0.3, 0.4) is 0 Å². The van der Waals surface area contributed by atoms with E-state index in [0.717, 1.165) is 13.1 Å². The van der Waals surface area contributed by atoms with Crippen LogP contribution in [0.1, 0.15) is 18.4 Å². The van der Waals surface area contributed by atoms with Gasteiger partial charge in [0.15, 0.2) is 0 Å². The van der Waals surface area contributed by atoms with Crippen LogP contribution in [0, 0.1) is 0 Å². The monoisotopic (exact) mass is 264 g/mol. The molecule has 0 spiro atoms. The zero-order valence-corrected chi connectivity index (χ0v) is 11.6. The van der Waals surface area contributed by atoms with Crippen molar-refractivity contribution in [3.63, 3.8) is 0 Å². The highest BCUT2D eigenvalue weighted by Gasteiger charge is 2.41. The molecular formula is C14H20N2OS. The summed E-state index contributed by atoms with van der Waals surface area (Å²) >= 11 is 0. The fourth-order valence-electron chi connectivity index (χ4n) is 3.20. The lowest BCUT2D eigenvalue weighted by molar-refractivity contribution is 0.159. The van der Waals surface area contributed by atoms with Gasteiger partial charge < -0.3 is 4.90 Å². The Bertz CT molecular complexity index is 423. The number of rotatable bonds is 3. The molecule has 3 rings (SSSR count). The zero-order valence-electron chi connectivity index (χ0n) is 10.8. The summed E-state index contributed by atoms with van der Waals surface area (Å²) in [5.41, 5.74) is 1.18. The Morgan fingerprint density at radius 3 is 2.39 bits per heavy atom. The van der Waals surface area contributed by atoms with Crippen LogP contribution in [0.5, 0.6) is 0 Å². The molecule has 1 aromatic rings. The van der Waals surface area contributed by atoms with Gasteiger partial charge in [0, 0.05) is 25.2 Å². The number of nitrogens with zero attached hydrogens (tertiary/aromatic N) is 2. The average molecular weight is 264 g/mol. The maximum Gasteiger partial charge on any atom is 0.0993 e. The van der Waals surface area contributed by atoms with E-state index in [1.54, 1.807) is 0 Å². The standard InChI is InChI=1S/C14H20N2OS/c1-15-9-13-7-8-14(10-15)16(13)18(17)11-12-5-3-2-4-6-12/h2-6,13-14H,7-11H2,1H3. The van der Waals surface area contributed by atoms with Gasteiger partial charge in [0.1, 0.15) is 0 Å². The smallest absolute Gasteiger partial charge is 0.0993 e. The first kappa shape index (κ1) is 12.3. The first-order chi connectivity index (χ1) is 8.74. The number of hydrogen-bond acceptors (Lipinski definition) is 2. The van der Waals surface area contributed by atoms with Crippen molar-refractivity contribution in [3.05, 3.63) is 35.9 Å². The molecule has 2 aliphatic rings. The highest BCUT2D eigenvalue weighted by molar-refractivity contribution is 7.81. The Morgan fingerprint density at radius 2 is 1.78 bits per heavy atom. The van der Waals surface area contributed by atoms with Crippen LogP contribution < -0.4 is 0 Å². The molecule has 1 aromatic carbocycles. The van der Waals surface area contributed by atoms with Crippen LogP contribution in [-0.2, 0) is 16.7 Å². The first-order valence-corrected chi connectivity index (χ1v) is 7.91. The van der Waals surface area contributed by atoms with Gasteiger partial charge in [-0.2, -0.15) is 0 Å². The molecule has 0 amide bonds. The third-order valence-corrected chi connectivity index (χ3v) is 5.61. The molecule has 3 unspecified atom stereocenters. The summed E-state index contributed by atoms with van der Waals surface area (Å²) in [7, 11) is 1.31. The van der Waals surface area contributed by atoms with E-state index in [9.17, 15) is 4.21 Å². The fourth-order valence-corrected chi connectivity index (χ4v) is 4.83. The van der Waals surface area contributed by atoms with Crippen molar-refractivity contribution < 1.29 is 4.21 Å². The summed E-state index contributed by atoms with van der Waals surface area (Å²) in [5, 5.41) is 0. The number of likely N-dealkylation sites (tertiary alicyclic amines) is 1. The molecule has 2 heterocycles. The molecule has 0 aliphatic carbocycles. The van der Waals surface area contributed by atoms with Crippen LogP contribution in [0.2, 0.25) is 0 Å². The van der Waals surface area contributed by atoms with Gasteiger partial charge in [-0.3, -0.25) is 0 Å². The Hall–Kier alpha value is -0.710. The fraction of sp³-hybridized carbons (Fsp3) is 0.571. The molecule has 4 heteroatoms. The summed E-state index contributed by atoms with van der Waals surface area (Å²) in [5.74, 6) is 0.664. The van der Waals surface area contributed by atoms with Gasteiger partial charge in [-0.1, -0.05) is 30.3 Å². The molecule has 0 N–H and O–H groups in total. The van der Waals surface area contributed by atoms with Gasteiger partial charge in [-0.05, 0) is 25.5 Å². The summed E-state index contributed by atoms with van der Waals surface area (Å²) in [4.78, 5) is 2.37. The summed E-state index contributed by atoms with van der Waals surface area (Å²) in [6.07, 6.45) is 2.41. The van der Waals surface area contributed by atoms with Crippen LogP contribution >= 0.6 is 0 Å². The number of hydrogen-bond donors (Lipinski definition) is 0. The summed E-state index contributed by atoms with van der Waals surface area (Å²) < 4.78 is 14.8. The molecular weight excluding hydrogens is 244 g/mol. The van der Waals surface area contributed by atoms with Crippen LogP contribution in [0.25, 0.3) is 0 Å². The van der Waals surface area contributed by atoms with Gasteiger partial charge >= 0.3 is 0 Å². The van der Waals surface area contributed by atoms with Gasteiger partial charge in [0.25, 0.3) is 0 Å². The van der Waals surface area contributed by atoms with E-state index in [-0.39, 0.29) is 0 Å². The molecule has 3 atom stereocenters. The van der Waals surface area contributed by atoms with E-state index in [1.165, 1.54) is 18.4 Å². The van der Waals surface area contributed by atoms with Crippen LogP contribution in [0.15, 0.2) is 30.3 Å². The van der Waals surface area contributed by atoms with E-state index in [0.29, 0.717) is 17.8 Å². The molecule has 2 saturated heterocycles. The second-order valence-corrected chi connectivity index (χ2v) is 6.77. The summed E-state index contributed by atoms with van der Waals surface area (Å²) in [6, 6.07) is 11.2. The lowest BCUT2D eigenvalue weighted by atomic mass is 10.2. The Balaban J connectivity index is 1.70. The molecule has 18 heavy (non-hydrogen) atoms. The minimum Gasteiger partial charge on any atom is -0.303 e. The molecule has 0 aromatic heterocycles. The van der Waals surface area contributed by atoms with Gasteiger partial charge in [0.05, 0.1) is 16.7 Å². The predicted molar refractivity (Wildman–Crippen MR) is 74.4 cm³/mol. The van der Waals surface area contributed by atoms with Crippen LogP contribution in [0.4, 0.5) is 0 Å². The Labute approximate surface area is 111 Å². The molecule has 2 bridgehead atoms. The topological polar surface area (TPSA) is 23.6 Å². The molecule has 0 radical (unpaired) electrons. The molecule has 2 fully saturated rings. The van der Waals surface area contributed by atoms with E-state index in [1.807, 2.05) is 18.2 Å². The highest BCUT2D eigenvalue weighted by Crippen LogP contribution is 2.31. The second-order valence-electron chi connectivity index (χ2n) is 5.42. The van der Waals surface area contributed by atoms with E-state index in [4.69, 9.17) is 0 Å². The third-order valence-electron chi connectivity index (χ3n) is 3.97. The van der Waals surface area contributed by atoms with Gasteiger partial charge in [-0.25, -0.2) is 8.51 Å². The Morgan fingerprint density at radius 1 is 1.17 bits per heavy atom. The van der Waals surface area contributed by atoms with Gasteiger partial charge in [0.2, 0.25) is 0 Å². The van der Waals surface area contributed by atoms with E-state index in [2.05, 4.69) is 28.4 Å². The van der Waals surface area contributed by atoms with Crippen molar-refractivity contribution in [2.75, 3.05) is 20.1 Å². The molecule has 0 saturated carbocycles. The molecule has 3 nitrogen and oxygen atoms in total. The minimum absolute atomic E-state index is 0.498. The maximum atomic E-state index is 12.6. The molecule has 2 aliphatic heterocycles. The normalized spacial score (nSPS) is 30.5. The quantitative estimate of drug-likeness (QED) is 0.828. The number of benzene rings is 1.